The Morgan fingerprint density at radius 3 is 2.25 bits per heavy atom. The summed E-state index contributed by atoms with van der Waals surface area (Å²) >= 11 is 0. The normalized spacial score (nSPS) is 11.6. The van der Waals surface area contributed by atoms with Crippen LogP contribution >= 0.6 is 0 Å². The summed E-state index contributed by atoms with van der Waals surface area (Å²) in [6.45, 7) is 1.48. The molecule has 0 aliphatic heterocycles. The number of benzene rings is 3. The predicted octanol–water partition coefficient (Wildman–Crippen LogP) is 4.25. The zero-order valence-corrected chi connectivity index (χ0v) is 13.5. The van der Waals surface area contributed by atoms with E-state index in [1.54, 1.807) is 0 Å². The highest BCUT2D eigenvalue weighted by Crippen LogP contribution is 2.18. The number of Topliss-reactive ketones (excluding diaryl/α,β-unsaturated/α-hetero) is 1. The number of carbonyl (C=O) groups is 1. The summed E-state index contributed by atoms with van der Waals surface area (Å²) in [5, 5.41) is 12.3. The highest BCUT2D eigenvalue weighted by molar-refractivity contribution is 5.83. The molecule has 0 amide bonds. The van der Waals surface area contributed by atoms with Crippen molar-refractivity contribution in [2.24, 2.45) is 0 Å². The fourth-order valence-electron chi connectivity index (χ4n) is 2.59. The monoisotopic (exact) mass is 314 g/mol. The van der Waals surface area contributed by atoms with E-state index in [9.17, 15) is 9.90 Å². The first-order valence-electron chi connectivity index (χ1n) is 7.90. The maximum Gasteiger partial charge on any atom is 0.132 e. The Balaban J connectivity index is 1.78. The van der Waals surface area contributed by atoms with Crippen LogP contribution in [-0.2, 0) is 4.79 Å². The van der Waals surface area contributed by atoms with E-state index in [-0.39, 0.29) is 12.2 Å². The molecular weight excluding hydrogens is 296 g/mol. The molecule has 1 unspecified atom stereocenters. The van der Waals surface area contributed by atoms with Crippen molar-refractivity contribution in [3.05, 3.63) is 83.4 Å². The van der Waals surface area contributed by atoms with Crippen LogP contribution in [0.2, 0.25) is 0 Å². The Hall–Kier alpha value is -2.89. The largest absolute Gasteiger partial charge is 0.388 e. The Morgan fingerprint density at radius 1 is 0.917 bits per heavy atom. The SMILES string of the molecule is CC(=O)CC(O)c1ccc(C#Cc2ccc3ccccc3c2)cc1. The highest BCUT2D eigenvalue weighted by Gasteiger charge is 2.09. The fourth-order valence-corrected chi connectivity index (χ4v) is 2.59. The second-order valence-corrected chi connectivity index (χ2v) is 5.86. The van der Waals surface area contributed by atoms with Gasteiger partial charge in [-0.1, -0.05) is 54.3 Å². The minimum Gasteiger partial charge on any atom is -0.388 e. The molecule has 0 aliphatic rings. The van der Waals surface area contributed by atoms with Gasteiger partial charge < -0.3 is 5.11 Å². The number of ketones is 1. The van der Waals surface area contributed by atoms with Crippen LogP contribution in [0.15, 0.2) is 66.7 Å². The molecule has 2 heteroatoms. The second kappa shape index (κ2) is 7.12. The van der Waals surface area contributed by atoms with Crippen molar-refractivity contribution in [2.45, 2.75) is 19.4 Å². The lowest BCUT2D eigenvalue weighted by Crippen LogP contribution is -2.02. The molecule has 0 aliphatic carbocycles. The molecule has 2 nitrogen and oxygen atoms in total. The molecule has 0 fully saturated rings. The molecule has 0 aromatic heterocycles. The van der Waals surface area contributed by atoms with Crippen molar-refractivity contribution < 1.29 is 9.90 Å². The first kappa shape index (κ1) is 16.0. The van der Waals surface area contributed by atoms with E-state index in [0.29, 0.717) is 0 Å². The molecule has 118 valence electrons. The van der Waals surface area contributed by atoms with Gasteiger partial charge in [-0.2, -0.15) is 0 Å². The minimum absolute atomic E-state index is 0.0253. The van der Waals surface area contributed by atoms with Gasteiger partial charge in [-0.05, 0) is 47.5 Å². The van der Waals surface area contributed by atoms with Gasteiger partial charge in [-0.3, -0.25) is 4.79 Å². The summed E-state index contributed by atoms with van der Waals surface area (Å²) in [4.78, 5) is 11.1. The van der Waals surface area contributed by atoms with Gasteiger partial charge >= 0.3 is 0 Å². The summed E-state index contributed by atoms with van der Waals surface area (Å²) in [7, 11) is 0. The quantitative estimate of drug-likeness (QED) is 0.734. The Kier molecular flexibility index (Phi) is 4.74. The van der Waals surface area contributed by atoms with Crippen LogP contribution in [0.5, 0.6) is 0 Å². The van der Waals surface area contributed by atoms with E-state index >= 15 is 0 Å². The van der Waals surface area contributed by atoms with Crippen LogP contribution in [0, 0.1) is 11.8 Å². The van der Waals surface area contributed by atoms with Crippen molar-refractivity contribution in [2.75, 3.05) is 0 Å². The lowest BCUT2D eigenvalue weighted by Gasteiger charge is -2.08. The highest BCUT2D eigenvalue weighted by atomic mass is 16.3. The maximum absolute atomic E-state index is 11.1. The van der Waals surface area contributed by atoms with E-state index in [2.05, 4.69) is 36.1 Å². The third kappa shape index (κ3) is 3.90. The van der Waals surface area contributed by atoms with Crippen molar-refractivity contribution in [1.29, 1.82) is 0 Å². The van der Waals surface area contributed by atoms with Gasteiger partial charge in [-0.25, -0.2) is 0 Å². The molecule has 1 atom stereocenters. The maximum atomic E-state index is 11.1. The molecule has 3 aromatic carbocycles. The van der Waals surface area contributed by atoms with Gasteiger partial charge in [0.2, 0.25) is 0 Å². The number of hydrogen-bond donors (Lipinski definition) is 1. The molecule has 0 saturated heterocycles. The van der Waals surface area contributed by atoms with E-state index in [1.807, 2.05) is 42.5 Å². The van der Waals surface area contributed by atoms with Crippen LogP contribution in [-0.4, -0.2) is 10.9 Å². The molecule has 0 saturated carbocycles. The number of carbonyl (C=O) groups excluding carboxylic acids is 1. The lowest BCUT2D eigenvalue weighted by atomic mass is 10.0. The third-order valence-electron chi connectivity index (χ3n) is 3.88. The first-order chi connectivity index (χ1) is 11.6. The summed E-state index contributed by atoms with van der Waals surface area (Å²) in [5.41, 5.74) is 2.58. The van der Waals surface area contributed by atoms with Crippen LogP contribution in [0.3, 0.4) is 0 Å². The Morgan fingerprint density at radius 2 is 1.54 bits per heavy atom. The number of aliphatic hydroxyl groups excluding tert-OH is 1. The topological polar surface area (TPSA) is 37.3 Å². The average molecular weight is 314 g/mol. The van der Waals surface area contributed by atoms with Gasteiger partial charge in [0.05, 0.1) is 6.10 Å². The molecule has 1 N–H and O–H groups in total. The van der Waals surface area contributed by atoms with Crippen molar-refractivity contribution in [1.82, 2.24) is 0 Å². The zero-order valence-electron chi connectivity index (χ0n) is 13.5. The minimum atomic E-state index is -0.745. The van der Waals surface area contributed by atoms with E-state index in [0.717, 1.165) is 16.7 Å². The zero-order chi connectivity index (χ0) is 16.9. The van der Waals surface area contributed by atoms with Crippen molar-refractivity contribution >= 4 is 16.6 Å². The van der Waals surface area contributed by atoms with Crippen LogP contribution in [0.1, 0.15) is 36.1 Å². The van der Waals surface area contributed by atoms with Gasteiger partial charge in [0.1, 0.15) is 5.78 Å². The first-order valence-corrected chi connectivity index (χ1v) is 7.90. The smallest absolute Gasteiger partial charge is 0.132 e. The molecule has 0 heterocycles. The van der Waals surface area contributed by atoms with Gasteiger partial charge in [0, 0.05) is 17.5 Å². The molecule has 24 heavy (non-hydrogen) atoms. The summed E-state index contributed by atoms with van der Waals surface area (Å²) in [5.74, 6) is 6.28. The Labute approximate surface area is 141 Å². The number of aliphatic hydroxyl groups is 1. The van der Waals surface area contributed by atoms with Gasteiger partial charge in [0.25, 0.3) is 0 Å². The van der Waals surface area contributed by atoms with E-state index in [4.69, 9.17) is 0 Å². The molecule has 3 aromatic rings. The van der Waals surface area contributed by atoms with E-state index in [1.165, 1.54) is 17.7 Å². The molecule has 0 bridgehead atoms. The standard InChI is InChI=1S/C22H18O2/c1-16(23)14-22(24)20-12-8-17(9-13-20)6-7-18-10-11-19-4-2-3-5-21(19)15-18/h2-5,8-13,15,22,24H,14H2,1H3. The summed E-state index contributed by atoms with van der Waals surface area (Å²) in [6.07, 6.45) is -0.604. The van der Waals surface area contributed by atoms with Crippen LogP contribution < -0.4 is 0 Å². The number of rotatable bonds is 3. The molecule has 0 radical (unpaired) electrons. The summed E-state index contributed by atoms with van der Waals surface area (Å²) < 4.78 is 0. The van der Waals surface area contributed by atoms with Crippen LogP contribution in [0.4, 0.5) is 0 Å². The number of fused-ring (bicyclic) bond motifs is 1. The Bertz CT molecular complexity index is 927. The van der Waals surface area contributed by atoms with Gasteiger partial charge in [-0.15, -0.1) is 0 Å². The number of hydrogen-bond acceptors (Lipinski definition) is 2. The van der Waals surface area contributed by atoms with E-state index < -0.39 is 6.10 Å². The molecule has 0 spiro atoms. The summed E-state index contributed by atoms with van der Waals surface area (Å²) in [6, 6.07) is 21.7. The second-order valence-electron chi connectivity index (χ2n) is 5.86. The van der Waals surface area contributed by atoms with Crippen molar-refractivity contribution in [3.8, 4) is 11.8 Å². The van der Waals surface area contributed by atoms with Crippen molar-refractivity contribution in [3.63, 3.8) is 0 Å². The molecular formula is C22H18O2. The fraction of sp³-hybridized carbons (Fsp3) is 0.136. The lowest BCUT2D eigenvalue weighted by molar-refractivity contribution is -0.118. The third-order valence-corrected chi connectivity index (χ3v) is 3.88. The van der Waals surface area contributed by atoms with Crippen LogP contribution in [0.25, 0.3) is 10.8 Å². The predicted molar refractivity (Wildman–Crippen MR) is 96.6 cm³/mol. The molecule has 3 rings (SSSR count). The average Bonchev–Trinajstić information content (AvgIpc) is 2.59. The van der Waals surface area contributed by atoms with Gasteiger partial charge in [0.15, 0.2) is 0 Å².